The summed E-state index contributed by atoms with van der Waals surface area (Å²) in [4.78, 5) is 24.6. The van der Waals surface area contributed by atoms with E-state index in [4.69, 9.17) is 25.8 Å². The van der Waals surface area contributed by atoms with Crippen molar-refractivity contribution < 1.29 is 41.0 Å². The third-order valence-corrected chi connectivity index (χ3v) is 7.26. The molecule has 2 aromatic rings. The van der Waals surface area contributed by atoms with Crippen LogP contribution < -0.4 is 10.2 Å². The fourth-order valence-corrected chi connectivity index (χ4v) is 5.06. The first kappa shape index (κ1) is 27.5. The highest BCUT2D eigenvalue weighted by Gasteiger charge is 2.41. The number of ether oxygens (including phenoxy) is 3. The van der Waals surface area contributed by atoms with Crippen LogP contribution in [0.25, 0.3) is 0 Å². The summed E-state index contributed by atoms with van der Waals surface area (Å²) < 4.78 is 71.4. The average molecular weight is 549 g/mol. The van der Waals surface area contributed by atoms with Crippen LogP contribution >= 0.6 is 11.6 Å². The second-order valence-corrected chi connectivity index (χ2v) is 9.75. The molecule has 1 saturated heterocycles. The van der Waals surface area contributed by atoms with Gasteiger partial charge >= 0.3 is 6.09 Å². The number of carbonyl (C=O) groups is 2. The van der Waals surface area contributed by atoms with E-state index in [1.807, 2.05) is 0 Å². The lowest BCUT2D eigenvalue weighted by atomic mass is 10.2. The van der Waals surface area contributed by atoms with Gasteiger partial charge in [-0.15, -0.1) is 0 Å². The van der Waals surface area contributed by atoms with Crippen molar-refractivity contribution in [3.63, 3.8) is 0 Å². The van der Waals surface area contributed by atoms with Crippen LogP contribution in [0.4, 0.5) is 13.6 Å². The number of nitrogens with one attached hydrogen (secondary N) is 1. The SMILES string of the molecule is COCCOC(=O)N1CCN(S(=O)(=O)c2cc(F)c(Oc3ccc(Cl)cc3)c(F)c2)C(C(=O)N[O-])C1. The van der Waals surface area contributed by atoms with Gasteiger partial charge < -0.3 is 29.8 Å². The highest BCUT2D eigenvalue weighted by molar-refractivity contribution is 7.89. The van der Waals surface area contributed by atoms with Gasteiger partial charge in [0.05, 0.1) is 11.5 Å². The third kappa shape index (κ3) is 6.20. The fraction of sp³-hybridized carbons (Fsp3) is 0.333. The molecule has 0 aromatic heterocycles. The Labute approximate surface area is 210 Å². The molecule has 1 atom stereocenters. The van der Waals surface area contributed by atoms with Crippen molar-refractivity contribution in [2.75, 3.05) is 40.0 Å². The van der Waals surface area contributed by atoms with Crippen molar-refractivity contribution >= 4 is 33.6 Å². The number of carbonyl (C=O) groups excluding carboxylic acids is 2. The largest absolute Gasteiger partial charge is 0.759 e. The molecule has 1 unspecified atom stereocenters. The number of amides is 2. The van der Waals surface area contributed by atoms with Gasteiger partial charge in [-0.2, -0.15) is 4.31 Å². The molecule has 1 aliphatic heterocycles. The van der Waals surface area contributed by atoms with Crippen LogP contribution in [0.5, 0.6) is 11.5 Å². The standard InChI is InChI=1S/C21H21ClF2N3O8S/c1-33-8-9-34-21(29)26-6-7-27(18(12-26)20(28)25-30)36(31,32)15-10-16(23)19(17(24)11-15)35-14-4-2-13(22)3-5-14/h2-5,10-11,18H,6-9,12H2,1H3,(H-,25,28,30)/q-1. The number of methoxy groups -OCH3 is 1. The Bertz CT molecular complexity index is 1190. The molecule has 196 valence electrons. The minimum atomic E-state index is -4.69. The van der Waals surface area contributed by atoms with Gasteiger partial charge in [0.2, 0.25) is 15.9 Å². The van der Waals surface area contributed by atoms with Crippen LogP contribution in [-0.4, -0.2) is 75.6 Å². The molecule has 1 N–H and O–H groups in total. The number of hydroxylamine groups is 1. The molecule has 11 nitrogen and oxygen atoms in total. The molecule has 0 radical (unpaired) electrons. The third-order valence-electron chi connectivity index (χ3n) is 5.12. The summed E-state index contributed by atoms with van der Waals surface area (Å²) in [6, 6.07) is 4.96. The molecule has 36 heavy (non-hydrogen) atoms. The van der Waals surface area contributed by atoms with Gasteiger partial charge in [-0.3, -0.25) is 4.79 Å². The Morgan fingerprint density at radius 1 is 1.14 bits per heavy atom. The molecule has 1 heterocycles. The Balaban J connectivity index is 1.85. The van der Waals surface area contributed by atoms with Gasteiger partial charge in [0.1, 0.15) is 18.4 Å². The van der Waals surface area contributed by atoms with Crippen molar-refractivity contribution in [3.8, 4) is 11.5 Å². The topological polar surface area (TPSA) is 138 Å². The van der Waals surface area contributed by atoms with Crippen molar-refractivity contribution in [1.29, 1.82) is 0 Å². The van der Waals surface area contributed by atoms with E-state index in [1.165, 1.54) is 31.4 Å². The lowest BCUT2D eigenvalue weighted by molar-refractivity contribution is -0.125. The molecule has 15 heteroatoms. The van der Waals surface area contributed by atoms with Crippen LogP contribution in [0.15, 0.2) is 41.3 Å². The van der Waals surface area contributed by atoms with E-state index in [0.29, 0.717) is 21.5 Å². The lowest BCUT2D eigenvalue weighted by Gasteiger charge is -2.39. The Kier molecular flexibility index (Phi) is 9.03. The number of nitrogens with zero attached hydrogens (tertiary/aromatic N) is 2. The summed E-state index contributed by atoms with van der Waals surface area (Å²) in [5.41, 5.74) is 1.09. The van der Waals surface area contributed by atoms with Crippen LogP contribution in [0.2, 0.25) is 5.02 Å². The zero-order valence-electron chi connectivity index (χ0n) is 18.8. The van der Waals surface area contributed by atoms with E-state index >= 15 is 0 Å². The average Bonchev–Trinajstić information content (AvgIpc) is 2.86. The van der Waals surface area contributed by atoms with E-state index in [1.54, 1.807) is 0 Å². The van der Waals surface area contributed by atoms with E-state index in [2.05, 4.69) is 0 Å². The van der Waals surface area contributed by atoms with Crippen molar-refractivity contribution in [3.05, 3.63) is 58.3 Å². The second-order valence-electron chi connectivity index (χ2n) is 7.42. The first-order valence-corrected chi connectivity index (χ1v) is 12.2. The molecule has 0 aliphatic carbocycles. The number of benzene rings is 2. The van der Waals surface area contributed by atoms with Crippen LogP contribution in [-0.2, 0) is 24.3 Å². The summed E-state index contributed by atoms with van der Waals surface area (Å²) in [5.74, 6) is -4.72. The van der Waals surface area contributed by atoms with Crippen LogP contribution in [0.3, 0.4) is 0 Å². The highest BCUT2D eigenvalue weighted by Crippen LogP contribution is 2.32. The first-order chi connectivity index (χ1) is 17.1. The maximum atomic E-state index is 14.7. The number of rotatable bonds is 8. The van der Waals surface area contributed by atoms with Gasteiger partial charge in [0, 0.05) is 31.8 Å². The van der Waals surface area contributed by atoms with Crippen molar-refractivity contribution in [2.45, 2.75) is 10.9 Å². The second kappa shape index (κ2) is 11.8. The Morgan fingerprint density at radius 2 is 1.78 bits per heavy atom. The normalized spacial score (nSPS) is 16.5. The van der Waals surface area contributed by atoms with Crippen molar-refractivity contribution in [1.82, 2.24) is 14.7 Å². The molecular weight excluding hydrogens is 528 g/mol. The smallest absolute Gasteiger partial charge is 0.409 e. The quantitative estimate of drug-likeness (QED) is 0.392. The minimum absolute atomic E-state index is 0.0495. The van der Waals surface area contributed by atoms with Crippen LogP contribution in [0, 0.1) is 16.8 Å². The molecular formula is C21H21ClF2N3O8S-. The predicted molar refractivity (Wildman–Crippen MR) is 122 cm³/mol. The predicted octanol–water partition coefficient (Wildman–Crippen LogP) is 2.48. The zero-order valence-corrected chi connectivity index (χ0v) is 20.4. The van der Waals surface area contributed by atoms with Crippen molar-refractivity contribution in [2.24, 2.45) is 0 Å². The van der Waals surface area contributed by atoms with E-state index < -0.39 is 63.4 Å². The lowest BCUT2D eigenvalue weighted by Crippen LogP contribution is -2.61. The van der Waals surface area contributed by atoms with Crippen LogP contribution in [0.1, 0.15) is 0 Å². The van der Waals surface area contributed by atoms with E-state index in [0.717, 1.165) is 10.4 Å². The number of hydrogen-bond donors (Lipinski definition) is 1. The van der Waals surface area contributed by atoms with Gasteiger partial charge in [0.15, 0.2) is 17.4 Å². The molecule has 1 aliphatic rings. The van der Waals surface area contributed by atoms with Gasteiger partial charge in [-0.05, 0) is 36.4 Å². The Hall–Kier alpha value is -3.04. The molecule has 0 bridgehead atoms. The summed E-state index contributed by atoms with van der Waals surface area (Å²) in [5, 5.41) is 11.4. The monoisotopic (exact) mass is 548 g/mol. The number of piperazine rings is 1. The van der Waals surface area contributed by atoms with E-state index in [-0.39, 0.29) is 25.5 Å². The molecule has 0 spiro atoms. The van der Waals surface area contributed by atoms with Gasteiger partial charge in [0.25, 0.3) is 0 Å². The summed E-state index contributed by atoms with van der Waals surface area (Å²) in [7, 11) is -3.30. The fourth-order valence-electron chi connectivity index (χ4n) is 3.34. The molecule has 2 amide bonds. The molecule has 3 rings (SSSR count). The number of halogens is 3. The summed E-state index contributed by atoms with van der Waals surface area (Å²) in [6.45, 7) is -1.17. The van der Waals surface area contributed by atoms with Gasteiger partial charge in [-0.1, -0.05) is 11.6 Å². The molecule has 2 aromatic carbocycles. The molecule has 0 saturated carbocycles. The van der Waals surface area contributed by atoms with E-state index in [9.17, 15) is 32.0 Å². The zero-order chi connectivity index (χ0) is 26.5. The minimum Gasteiger partial charge on any atom is -0.759 e. The number of hydrogen-bond acceptors (Lipinski definition) is 8. The summed E-state index contributed by atoms with van der Waals surface area (Å²) >= 11 is 5.76. The Morgan fingerprint density at radius 3 is 2.36 bits per heavy atom. The maximum Gasteiger partial charge on any atom is 0.409 e. The molecule has 1 fully saturated rings. The number of sulfonamides is 1. The highest BCUT2D eigenvalue weighted by atomic mass is 35.5. The van der Waals surface area contributed by atoms with Gasteiger partial charge in [-0.25, -0.2) is 22.0 Å². The summed E-state index contributed by atoms with van der Waals surface area (Å²) in [6.07, 6.45) is -0.853. The maximum absolute atomic E-state index is 14.7. The first-order valence-electron chi connectivity index (χ1n) is 10.4.